The molecule has 0 radical (unpaired) electrons. The third-order valence-electron chi connectivity index (χ3n) is 5.19. The van der Waals surface area contributed by atoms with Crippen molar-refractivity contribution in [3.63, 3.8) is 0 Å². The number of carbonyl (C=O) groups is 1. The summed E-state index contributed by atoms with van der Waals surface area (Å²) in [4.78, 5) is 12.7. The lowest BCUT2D eigenvalue weighted by Gasteiger charge is -2.17. The molecule has 0 bridgehead atoms. The predicted molar refractivity (Wildman–Crippen MR) is 133 cm³/mol. The summed E-state index contributed by atoms with van der Waals surface area (Å²) in [6.45, 7) is 3.53. The van der Waals surface area contributed by atoms with Gasteiger partial charge in [-0.3, -0.25) is 8.37 Å². The normalized spacial score (nSPS) is 12.7. The van der Waals surface area contributed by atoms with E-state index in [4.69, 9.17) is 13.1 Å². The van der Waals surface area contributed by atoms with Gasteiger partial charge in [-0.05, 0) is 69.5 Å². The quantitative estimate of drug-likeness (QED) is 0.144. The van der Waals surface area contributed by atoms with E-state index in [9.17, 15) is 21.6 Å². The maximum absolute atomic E-state index is 12.8. The van der Waals surface area contributed by atoms with Crippen molar-refractivity contribution in [2.24, 2.45) is 0 Å². The molecule has 36 heavy (non-hydrogen) atoms. The minimum Gasteiger partial charge on any atom is -0.425 e. The van der Waals surface area contributed by atoms with Gasteiger partial charge in [0, 0.05) is 0 Å². The molecule has 0 saturated carbocycles. The largest absolute Gasteiger partial charge is 0.425 e. The molecule has 0 aliphatic heterocycles. The molecule has 0 heterocycles. The van der Waals surface area contributed by atoms with E-state index in [1.165, 1.54) is 24.3 Å². The summed E-state index contributed by atoms with van der Waals surface area (Å²) in [6.07, 6.45) is -0.953. The second kappa shape index (κ2) is 12.3. The number of hydrogen-bond acceptors (Lipinski definition) is 8. The molecule has 1 atom stereocenters. The van der Waals surface area contributed by atoms with Crippen LogP contribution in [0.25, 0.3) is 0 Å². The number of hydrogen-bond donors (Lipinski definition) is 0. The third kappa shape index (κ3) is 7.99. The standard InChI is InChI=1S/C26H28O8S2/c1-20-11-15-23(16-12-20)35(28,29)32-19-7-6-10-25(26(27)33-22-8-4-3-5-9-22)34-36(30,31)24-17-13-21(2)14-18-24/h3-5,8-9,11-18,25H,6-7,10,19H2,1-2H3. The van der Waals surface area contributed by atoms with Gasteiger partial charge in [-0.25, -0.2) is 4.79 Å². The van der Waals surface area contributed by atoms with Crippen LogP contribution in [0.5, 0.6) is 5.75 Å². The maximum Gasteiger partial charge on any atom is 0.342 e. The van der Waals surface area contributed by atoms with Gasteiger partial charge in [0.15, 0.2) is 6.10 Å². The molecule has 0 spiro atoms. The summed E-state index contributed by atoms with van der Waals surface area (Å²) in [5, 5.41) is 0. The Morgan fingerprint density at radius 1 is 0.722 bits per heavy atom. The molecule has 192 valence electrons. The fourth-order valence-corrected chi connectivity index (χ4v) is 5.17. The molecular formula is C26H28O8S2. The summed E-state index contributed by atoms with van der Waals surface area (Å²) < 4.78 is 65.8. The Hall–Kier alpha value is -3.05. The van der Waals surface area contributed by atoms with Gasteiger partial charge in [0.25, 0.3) is 20.2 Å². The van der Waals surface area contributed by atoms with Crippen molar-refractivity contribution in [2.45, 2.75) is 49.0 Å². The fraction of sp³-hybridized carbons (Fsp3) is 0.269. The van der Waals surface area contributed by atoms with E-state index in [2.05, 4.69) is 0 Å². The number of ether oxygens (including phenoxy) is 1. The van der Waals surface area contributed by atoms with Gasteiger partial charge < -0.3 is 4.74 Å². The molecule has 0 amide bonds. The SMILES string of the molecule is Cc1ccc(S(=O)(=O)OCCCCC(OS(=O)(=O)c2ccc(C)cc2)C(=O)Oc2ccccc2)cc1. The predicted octanol–water partition coefficient (Wildman–Crippen LogP) is 4.56. The molecule has 0 aromatic heterocycles. The number of benzene rings is 3. The van der Waals surface area contributed by atoms with Crippen molar-refractivity contribution in [1.29, 1.82) is 0 Å². The van der Waals surface area contributed by atoms with Crippen LogP contribution in [-0.2, 0) is 33.4 Å². The highest BCUT2D eigenvalue weighted by atomic mass is 32.2. The van der Waals surface area contributed by atoms with Crippen molar-refractivity contribution in [3.8, 4) is 5.75 Å². The Kier molecular flexibility index (Phi) is 9.38. The Labute approximate surface area is 212 Å². The molecule has 0 aliphatic carbocycles. The van der Waals surface area contributed by atoms with E-state index in [0.717, 1.165) is 11.1 Å². The maximum atomic E-state index is 12.8. The number of aryl methyl sites for hydroxylation is 2. The van der Waals surface area contributed by atoms with E-state index in [1.807, 2.05) is 13.8 Å². The lowest BCUT2D eigenvalue weighted by molar-refractivity contribution is -0.142. The molecule has 0 fully saturated rings. The van der Waals surface area contributed by atoms with Crippen LogP contribution in [0.3, 0.4) is 0 Å². The van der Waals surface area contributed by atoms with E-state index < -0.39 is 32.3 Å². The second-order valence-corrected chi connectivity index (χ2v) is 11.4. The number of carbonyl (C=O) groups excluding carboxylic acids is 1. The molecule has 1 unspecified atom stereocenters. The summed E-state index contributed by atoms with van der Waals surface area (Å²) in [6, 6.07) is 20.5. The van der Waals surface area contributed by atoms with Crippen LogP contribution in [0.4, 0.5) is 0 Å². The van der Waals surface area contributed by atoms with Crippen molar-refractivity contribution in [3.05, 3.63) is 90.0 Å². The van der Waals surface area contributed by atoms with Crippen molar-refractivity contribution in [1.82, 2.24) is 0 Å². The highest BCUT2D eigenvalue weighted by Gasteiger charge is 2.29. The lowest BCUT2D eigenvalue weighted by Crippen LogP contribution is -2.31. The van der Waals surface area contributed by atoms with Crippen molar-refractivity contribution in [2.75, 3.05) is 6.61 Å². The summed E-state index contributed by atoms with van der Waals surface area (Å²) in [5.74, 6) is -0.624. The second-order valence-electron chi connectivity index (χ2n) is 8.17. The number of unbranched alkanes of at least 4 members (excludes halogenated alkanes) is 1. The number of para-hydroxylation sites is 1. The van der Waals surface area contributed by atoms with Crippen LogP contribution in [0, 0.1) is 13.8 Å². The van der Waals surface area contributed by atoms with E-state index in [0.29, 0.717) is 0 Å². The van der Waals surface area contributed by atoms with E-state index >= 15 is 0 Å². The Morgan fingerprint density at radius 3 is 1.81 bits per heavy atom. The van der Waals surface area contributed by atoms with Crippen LogP contribution in [0.15, 0.2) is 88.7 Å². The number of rotatable bonds is 12. The average molecular weight is 533 g/mol. The Balaban J connectivity index is 1.63. The summed E-state index contributed by atoms with van der Waals surface area (Å²) >= 11 is 0. The number of esters is 1. The lowest BCUT2D eigenvalue weighted by atomic mass is 10.1. The Morgan fingerprint density at radius 2 is 1.25 bits per heavy atom. The van der Waals surface area contributed by atoms with Gasteiger partial charge in [-0.1, -0.05) is 53.6 Å². The first-order chi connectivity index (χ1) is 17.1. The fourth-order valence-electron chi connectivity index (χ4n) is 3.16. The topological polar surface area (TPSA) is 113 Å². The van der Waals surface area contributed by atoms with Crippen LogP contribution in [-0.4, -0.2) is 35.5 Å². The molecular weight excluding hydrogens is 504 g/mol. The van der Waals surface area contributed by atoms with Crippen LogP contribution in [0.2, 0.25) is 0 Å². The molecule has 10 heteroatoms. The van der Waals surface area contributed by atoms with Gasteiger partial charge in [0.1, 0.15) is 5.75 Å². The average Bonchev–Trinajstić information content (AvgIpc) is 2.84. The molecule has 0 aliphatic rings. The molecule has 3 rings (SSSR count). The molecule has 3 aromatic carbocycles. The molecule has 8 nitrogen and oxygen atoms in total. The van der Waals surface area contributed by atoms with Crippen LogP contribution >= 0.6 is 0 Å². The third-order valence-corrected chi connectivity index (χ3v) is 7.85. The van der Waals surface area contributed by atoms with E-state index in [1.54, 1.807) is 54.6 Å². The highest BCUT2D eigenvalue weighted by Crippen LogP contribution is 2.20. The first-order valence-corrected chi connectivity index (χ1v) is 14.1. The van der Waals surface area contributed by atoms with Gasteiger partial charge in [-0.15, -0.1) is 0 Å². The Bertz CT molecular complexity index is 1350. The van der Waals surface area contributed by atoms with Gasteiger partial charge in [0.2, 0.25) is 0 Å². The van der Waals surface area contributed by atoms with Gasteiger partial charge >= 0.3 is 5.97 Å². The summed E-state index contributed by atoms with van der Waals surface area (Å²) in [7, 11) is -8.17. The van der Waals surface area contributed by atoms with Crippen molar-refractivity contribution < 1.29 is 34.7 Å². The first kappa shape index (κ1) is 27.5. The zero-order valence-electron chi connectivity index (χ0n) is 20.0. The molecule has 0 saturated heterocycles. The summed E-state index contributed by atoms with van der Waals surface area (Å²) in [5.41, 5.74) is 1.79. The minimum absolute atomic E-state index is 0.0231. The monoisotopic (exact) mass is 532 g/mol. The zero-order valence-corrected chi connectivity index (χ0v) is 21.6. The van der Waals surface area contributed by atoms with Gasteiger partial charge in [-0.2, -0.15) is 16.8 Å². The highest BCUT2D eigenvalue weighted by molar-refractivity contribution is 7.87. The zero-order chi connectivity index (χ0) is 26.2. The smallest absolute Gasteiger partial charge is 0.342 e. The minimum atomic E-state index is -4.25. The molecule has 3 aromatic rings. The van der Waals surface area contributed by atoms with Crippen LogP contribution < -0.4 is 4.74 Å². The first-order valence-electron chi connectivity index (χ1n) is 11.3. The van der Waals surface area contributed by atoms with Crippen molar-refractivity contribution >= 4 is 26.2 Å². The van der Waals surface area contributed by atoms with E-state index in [-0.39, 0.29) is 41.4 Å². The molecule has 0 N–H and O–H groups in total. The van der Waals surface area contributed by atoms with Gasteiger partial charge in [0.05, 0.1) is 16.4 Å². The van der Waals surface area contributed by atoms with Crippen LogP contribution in [0.1, 0.15) is 30.4 Å².